The Hall–Kier alpha value is -2.37. The minimum absolute atomic E-state index is 0.0376. The third-order valence-corrected chi connectivity index (χ3v) is 3.61. The van der Waals surface area contributed by atoms with E-state index in [4.69, 9.17) is 4.74 Å². The molecule has 2 N–H and O–H groups in total. The average Bonchev–Trinajstić information content (AvgIpc) is 3.37. The van der Waals surface area contributed by atoms with E-state index < -0.39 is 5.91 Å². The van der Waals surface area contributed by atoms with Crippen LogP contribution in [-0.2, 0) is 14.3 Å². The first-order valence-electron chi connectivity index (χ1n) is 7.50. The number of ether oxygens (including phenoxy) is 1. The maximum absolute atomic E-state index is 12.1. The second-order valence-corrected chi connectivity index (χ2v) is 5.72. The van der Waals surface area contributed by atoms with Gasteiger partial charge in [0, 0.05) is 6.04 Å². The van der Waals surface area contributed by atoms with Crippen molar-refractivity contribution in [2.45, 2.75) is 31.7 Å². The van der Waals surface area contributed by atoms with Crippen LogP contribution >= 0.6 is 0 Å². The molecule has 1 aromatic rings. The number of para-hydroxylation sites is 1. The molecule has 2 fully saturated rings. The summed E-state index contributed by atoms with van der Waals surface area (Å²) in [7, 11) is 0. The highest BCUT2D eigenvalue weighted by Gasteiger charge is 2.31. The predicted molar refractivity (Wildman–Crippen MR) is 79.2 cm³/mol. The SMILES string of the molecule is O=C(COC(=O)C1CC1)Nc1ccccc1C(=O)NC1CC1. The number of hydrogen-bond acceptors (Lipinski definition) is 4. The molecule has 2 amide bonds. The summed E-state index contributed by atoms with van der Waals surface area (Å²) in [5.74, 6) is -1.01. The van der Waals surface area contributed by atoms with Crippen LogP contribution < -0.4 is 10.6 Å². The molecule has 0 saturated heterocycles. The molecule has 2 saturated carbocycles. The zero-order valence-electron chi connectivity index (χ0n) is 12.1. The van der Waals surface area contributed by atoms with Crippen LogP contribution in [0.5, 0.6) is 0 Å². The number of hydrogen-bond donors (Lipinski definition) is 2. The van der Waals surface area contributed by atoms with Gasteiger partial charge in [-0.1, -0.05) is 12.1 Å². The highest BCUT2D eigenvalue weighted by atomic mass is 16.5. The largest absolute Gasteiger partial charge is 0.455 e. The monoisotopic (exact) mass is 302 g/mol. The fourth-order valence-corrected chi connectivity index (χ4v) is 2.04. The van der Waals surface area contributed by atoms with Crippen LogP contribution in [0, 0.1) is 5.92 Å². The first-order valence-corrected chi connectivity index (χ1v) is 7.50. The molecule has 6 heteroatoms. The van der Waals surface area contributed by atoms with E-state index in [0.717, 1.165) is 25.7 Å². The van der Waals surface area contributed by atoms with Crippen molar-refractivity contribution < 1.29 is 19.1 Å². The number of carbonyl (C=O) groups excluding carboxylic acids is 3. The van der Waals surface area contributed by atoms with Gasteiger partial charge in [-0.25, -0.2) is 0 Å². The average molecular weight is 302 g/mol. The molecule has 2 aliphatic carbocycles. The van der Waals surface area contributed by atoms with Gasteiger partial charge < -0.3 is 15.4 Å². The number of rotatable bonds is 6. The quantitative estimate of drug-likeness (QED) is 0.779. The van der Waals surface area contributed by atoms with E-state index in [9.17, 15) is 14.4 Å². The van der Waals surface area contributed by atoms with E-state index in [1.54, 1.807) is 24.3 Å². The number of anilines is 1. The van der Waals surface area contributed by atoms with Crippen LogP contribution in [-0.4, -0.2) is 30.4 Å². The molecule has 116 valence electrons. The number of esters is 1. The normalized spacial score (nSPS) is 16.7. The van der Waals surface area contributed by atoms with Gasteiger partial charge in [0.2, 0.25) is 0 Å². The van der Waals surface area contributed by atoms with Gasteiger partial charge in [-0.15, -0.1) is 0 Å². The van der Waals surface area contributed by atoms with Crippen molar-refractivity contribution in [1.82, 2.24) is 5.32 Å². The number of amides is 2. The molecule has 6 nitrogen and oxygen atoms in total. The van der Waals surface area contributed by atoms with Crippen molar-refractivity contribution in [1.29, 1.82) is 0 Å². The van der Waals surface area contributed by atoms with Gasteiger partial charge in [0.15, 0.2) is 6.61 Å². The molecule has 2 aliphatic rings. The second kappa shape index (κ2) is 6.17. The Kier molecular flexibility index (Phi) is 4.09. The molecule has 0 bridgehead atoms. The van der Waals surface area contributed by atoms with Crippen molar-refractivity contribution in [2.75, 3.05) is 11.9 Å². The standard InChI is InChI=1S/C16H18N2O4/c19-14(9-22-16(21)10-5-6-10)18-13-4-2-1-3-12(13)15(20)17-11-7-8-11/h1-4,10-11H,5-9H2,(H,17,20)(H,18,19). The molecular formula is C16H18N2O4. The summed E-state index contributed by atoms with van der Waals surface area (Å²) in [6, 6.07) is 7.03. The molecule has 1 aromatic carbocycles. The highest BCUT2D eigenvalue weighted by molar-refractivity contribution is 6.04. The van der Waals surface area contributed by atoms with Gasteiger partial charge >= 0.3 is 5.97 Å². The lowest BCUT2D eigenvalue weighted by Crippen LogP contribution is -2.28. The third-order valence-electron chi connectivity index (χ3n) is 3.61. The third kappa shape index (κ3) is 3.84. The molecule has 0 aliphatic heterocycles. The van der Waals surface area contributed by atoms with E-state index >= 15 is 0 Å². The summed E-state index contributed by atoms with van der Waals surface area (Å²) in [5, 5.41) is 5.50. The van der Waals surface area contributed by atoms with Crippen LogP contribution in [0.1, 0.15) is 36.0 Å². The summed E-state index contributed by atoms with van der Waals surface area (Å²) in [4.78, 5) is 35.4. The summed E-state index contributed by atoms with van der Waals surface area (Å²) in [6.07, 6.45) is 3.67. The number of nitrogens with one attached hydrogen (secondary N) is 2. The van der Waals surface area contributed by atoms with Crippen molar-refractivity contribution in [2.24, 2.45) is 5.92 Å². The van der Waals surface area contributed by atoms with E-state index in [-0.39, 0.29) is 30.4 Å². The summed E-state index contributed by atoms with van der Waals surface area (Å²) in [5.41, 5.74) is 0.837. The van der Waals surface area contributed by atoms with Gasteiger partial charge in [-0.05, 0) is 37.8 Å². The van der Waals surface area contributed by atoms with E-state index in [2.05, 4.69) is 10.6 Å². The Balaban J connectivity index is 1.57. The lowest BCUT2D eigenvalue weighted by molar-refractivity contribution is -0.148. The lowest BCUT2D eigenvalue weighted by Gasteiger charge is -2.11. The van der Waals surface area contributed by atoms with Gasteiger partial charge in [-0.2, -0.15) is 0 Å². The van der Waals surface area contributed by atoms with Gasteiger partial charge in [-0.3, -0.25) is 14.4 Å². The van der Waals surface area contributed by atoms with Gasteiger partial charge in [0.1, 0.15) is 0 Å². The molecule has 0 heterocycles. The van der Waals surface area contributed by atoms with Crippen LogP contribution in [0.15, 0.2) is 24.3 Å². The molecule has 0 spiro atoms. The van der Waals surface area contributed by atoms with Gasteiger partial charge in [0.05, 0.1) is 17.2 Å². The van der Waals surface area contributed by atoms with Crippen molar-refractivity contribution in [3.63, 3.8) is 0 Å². The topological polar surface area (TPSA) is 84.5 Å². The van der Waals surface area contributed by atoms with Crippen LogP contribution in [0.3, 0.4) is 0 Å². The predicted octanol–water partition coefficient (Wildman–Crippen LogP) is 1.47. The first-order chi connectivity index (χ1) is 10.6. The van der Waals surface area contributed by atoms with Crippen LogP contribution in [0.25, 0.3) is 0 Å². The minimum atomic E-state index is -0.444. The molecular weight excluding hydrogens is 284 g/mol. The lowest BCUT2D eigenvalue weighted by atomic mass is 10.1. The Labute approximate surface area is 128 Å². The van der Waals surface area contributed by atoms with Crippen molar-refractivity contribution in [3.05, 3.63) is 29.8 Å². The molecule has 3 rings (SSSR count). The molecule has 22 heavy (non-hydrogen) atoms. The smallest absolute Gasteiger partial charge is 0.309 e. The maximum atomic E-state index is 12.1. The molecule has 0 unspecified atom stereocenters. The second-order valence-electron chi connectivity index (χ2n) is 5.72. The minimum Gasteiger partial charge on any atom is -0.455 e. The first kappa shape index (κ1) is 14.6. The molecule has 0 atom stereocenters. The number of benzene rings is 1. The Morgan fingerprint density at radius 3 is 2.50 bits per heavy atom. The summed E-state index contributed by atoms with van der Waals surface area (Å²) < 4.78 is 4.92. The maximum Gasteiger partial charge on any atom is 0.309 e. The van der Waals surface area contributed by atoms with Gasteiger partial charge in [0.25, 0.3) is 11.8 Å². The van der Waals surface area contributed by atoms with Crippen LogP contribution in [0.4, 0.5) is 5.69 Å². The van der Waals surface area contributed by atoms with E-state index in [1.165, 1.54) is 0 Å². The summed E-state index contributed by atoms with van der Waals surface area (Å²) >= 11 is 0. The van der Waals surface area contributed by atoms with Crippen LogP contribution in [0.2, 0.25) is 0 Å². The van der Waals surface area contributed by atoms with E-state index in [0.29, 0.717) is 11.3 Å². The summed E-state index contributed by atoms with van der Waals surface area (Å²) in [6.45, 7) is -0.325. The Bertz CT molecular complexity index is 606. The number of carbonyl (C=O) groups is 3. The fraction of sp³-hybridized carbons (Fsp3) is 0.438. The Morgan fingerprint density at radius 2 is 1.82 bits per heavy atom. The Morgan fingerprint density at radius 1 is 1.09 bits per heavy atom. The molecule has 0 aromatic heterocycles. The highest BCUT2D eigenvalue weighted by Crippen LogP contribution is 2.30. The fourth-order valence-electron chi connectivity index (χ4n) is 2.04. The molecule has 0 radical (unpaired) electrons. The zero-order chi connectivity index (χ0) is 15.5. The van der Waals surface area contributed by atoms with Crippen molar-refractivity contribution in [3.8, 4) is 0 Å². The van der Waals surface area contributed by atoms with Crippen molar-refractivity contribution >= 4 is 23.5 Å². The van der Waals surface area contributed by atoms with E-state index in [1.807, 2.05) is 0 Å². The zero-order valence-corrected chi connectivity index (χ0v) is 12.1.